The first-order valence-corrected chi connectivity index (χ1v) is 48.5. The van der Waals surface area contributed by atoms with Crippen molar-refractivity contribution in [2.75, 3.05) is 9.80 Å². The maximum absolute atomic E-state index is 2.69. The van der Waals surface area contributed by atoms with Crippen LogP contribution in [0.25, 0.3) is 65.3 Å². The van der Waals surface area contributed by atoms with Crippen LogP contribution in [0.2, 0.25) is 78.6 Å². The Balaban J connectivity index is 1.13. The molecule has 470 valence electrons. The predicted octanol–water partition coefficient (Wildman–Crippen LogP) is 22.7. The van der Waals surface area contributed by atoms with Gasteiger partial charge in [-0.2, -0.15) is 0 Å². The van der Waals surface area contributed by atoms with Gasteiger partial charge in [0, 0.05) is 33.5 Å². The summed E-state index contributed by atoms with van der Waals surface area (Å²) >= 11 is 0. The average Bonchev–Trinajstić information content (AvgIpc) is 1.46. The molecule has 0 heterocycles. The maximum Gasteiger partial charge on any atom is 0.0775 e. The normalized spacial score (nSPS) is 16.0. The third kappa shape index (κ3) is 9.49. The van der Waals surface area contributed by atoms with Crippen LogP contribution >= 0.6 is 0 Å². The third-order valence-corrected chi connectivity index (χ3v) is 29.7. The summed E-state index contributed by atoms with van der Waals surface area (Å²) in [7, 11) is -6.73. The molecule has 0 N–H and O–H groups in total. The molecular formula is C90H84N2Si4. The van der Waals surface area contributed by atoms with E-state index in [9.17, 15) is 0 Å². The Morgan fingerprint density at radius 2 is 0.469 bits per heavy atom. The van der Waals surface area contributed by atoms with Crippen molar-refractivity contribution in [3.05, 3.63) is 325 Å². The quantitative estimate of drug-likeness (QED) is 0.106. The Hall–Kier alpha value is -9.41. The van der Waals surface area contributed by atoms with E-state index in [0.29, 0.717) is 0 Å². The molecule has 2 nitrogen and oxygen atoms in total. The van der Waals surface area contributed by atoms with Crippen LogP contribution in [-0.2, 0) is 10.8 Å². The van der Waals surface area contributed by atoms with Crippen molar-refractivity contribution < 1.29 is 0 Å². The Morgan fingerprint density at radius 1 is 0.219 bits per heavy atom. The molecule has 2 aliphatic rings. The molecule has 96 heavy (non-hydrogen) atoms. The minimum atomic E-state index is -1.68. The number of hydrogen-bond acceptors (Lipinski definition) is 2. The maximum atomic E-state index is 2.69. The molecule has 16 rings (SSSR count). The van der Waals surface area contributed by atoms with E-state index >= 15 is 0 Å². The minimum Gasteiger partial charge on any atom is -0.310 e. The van der Waals surface area contributed by atoms with Crippen LogP contribution in [0.1, 0.15) is 33.4 Å². The number of fused-ring (bicyclic) bond motifs is 14. The van der Waals surface area contributed by atoms with Gasteiger partial charge < -0.3 is 9.80 Å². The first-order valence-electron chi connectivity index (χ1n) is 34.5. The van der Waals surface area contributed by atoms with Crippen LogP contribution in [0.3, 0.4) is 0 Å². The van der Waals surface area contributed by atoms with E-state index in [4.69, 9.17) is 0 Å². The number of rotatable bonds is 13. The summed E-state index contributed by atoms with van der Waals surface area (Å²) in [5.74, 6) is 0. The van der Waals surface area contributed by atoms with Gasteiger partial charge in [0.25, 0.3) is 0 Å². The second kappa shape index (κ2) is 22.6. The second-order valence-electron chi connectivity index (χ2n) is 31.2. The second-order valence-corrected chi connectivity index (χ2v) is 51.5. The van der Waals surface area contributed by atoms with Crippen LogP contribution in [0.5, 0.6) is 0 Å². The van der Waals surface area contributed by atoms with Gasteiger partial charge in [-0.05, 0) is 149 Å². The molecular weight excluding hydrogens is 1220 g/mol. The van der Waals surface area contributed by atoms with Gasteiger partial charge in [-0.3, -0.25) is 0 Å². The fourth-order valence-corrected chi connectivity index (χ4v) is 21.4. The van der Waals surface area contributed by atoms with E-state index in [-0.39, 0.29) is 0 Å². The zero-order valence-electron chi connectivity index (χ0n) is 57.6. The highest BCUT2D eigenvalue weighted by Crippen LogP contribution is 2.73. The fraction of sp³-hybridized carbons (Fsp3) is 0.156. The number of anilines is 6. The molecule has 2 atom stereocenters. The summed E-state index contributed by atoms with van der Waals surface area (Å²) in [4.78, 5) is 5.20. The van der Waals surface area contributed by atoms with E-state index in [2.05, 4.69) is 380 Å². The molecule has 0 bridgehead atoms. The molecule has 0 radical (unpaired) electrons. The SMILES string of the molecule is C[Si](C)(C)c1ccc(N(c2ccc([Si](C)(C)C)cc2)c2cc3c(c4ccccc24)-c2c(ccc4ccccc24)C3(c2ccccc2)C2(c3ccccc3)c3ccc4ccccc4c3-c3c2cc(N(c2ccc([Si](C)(C)C)cc2)c2ccc([Si](C)(C)C)cc2)c2ccccc32)cc1. The first-order chi connectivity index (χ1) is 46.2. The van der Waals surface area contributed by atoms with Gasteiger partial charge in [0.2, 0.25) is 0 Å². The number of benzene rings is 14. The predicted molar refractivity (Wildman–Crippen MR) is 428 cm³/mol. The fourth-order valence-electron chi connectivity index (χ4n) is 16.7. The van der Waals surface area contributed by atoms with Gasteiger partial charge in [-0.1, -0.05) is 330 Å². The molecule has 0 amide bonds. The van der Waals surface area contributed by atoms with E-state index in [1.165, 1.54) is 119 Å². The number of nitrogens with zero attached hydrogens (tertiary/aromatic N) is 2. The molecule has 0 saturated heterocycles. The van der Waals surface area contributed by atoms with Crippen molar-refractivity contribution in [3.63, 3.8) is 0 Å². The van der Waals surface area contributed by atoms with Crippen molar-refractivity contribution in [1.29, 1.82) is 0 Å². The van der Waals surface area contributed by atoms with Gasteiger partial charge in [-0.15, -0.1) is 0 Å². The Bertz CT molecular complexity index is 4910. The highest BCUT2D eigenvalue weighted by Gasteiger charge is 2.65. The highest BCUT2D eigenvalue weighted by atomic mass is 28.3. The summed E-state index contributed by atoms with van der Waals surface area (Å²) in [6, 6.07) is 115. The molecule has 2 aliphatic carbocycles. The Morgan fingerprint density at radius 3 is 0.760 bits per heavy atom. The first kappa shape index (κ1) is 61.5. The van der Waals surface area contributed by atoms with Crippen LogP contribution in [-0.4, -0.2) is 32.3 Å². The lowest BCUT2D eigenvalue weighted by atomic mass is 9.49. The van der Waals surface area contributed by atoms with Crippen LogP contribution in [0, 0.1) is 0 Å². The van der Waals surface area contributed by atoms with E-state index < -0.39 is 43.1 Å². The van der Waals surface area contributed by atoms with E-state index in [0.717, 1.165) is 34.1 Å². The molecule has 2 unspecified atom stereocenters. The summed E-state index contributed by atoms with van der Waals surface area (Å²) in [6.07, 6.45) is 0. The summed E-state index contributed by atoms with van der Waals surface area (Å²) < 4.78 is 0. The smallest absolute Gasteiger partial charge is 0.0775 e. The van der Waals surface area contributed by atoms with Crippen molar-refractivity contribution in [3.8, 4) is 22.3 Å². The monoisotopic (exact) mass is 1300 g/mol. The third-order valence-electron chi connectivity index (χ3n) is 21.4. The van der Waals surface area contributed by atoms with Crippen molar-refractivity contribution in [2.45, 2.75) is 89.4 Å². The van der Waals surface area contributed by atoms with Crippen molar-refractivity contribution >= 4 is 130 Å². The molecule has 14 aromatic rings. The Kier molecular flexibility index (Phi) is 14.5. The van der Waals surface area contributed by atoms with Gasteiger partial charge in [-0.25, -0.2) is 0 Å². The molecule has 14 aromatic carbocycles. The Labute approximate surface area is 572 Å². The molecule has 0 aromatic heterocycles. The average molecular weight is 1310 g/mol. The van der Waals surface area contributed by atoms with Crippen molar-refractivity contribution in [2.24, 2.45) is 0 Å². The molecule has 6 heteroatoms. The molecule has 0 spiro atoms. The van der Waals surface area contributed by atoms with Gasteiger partial charge in [0.05, 0.1) is 54.5 Å². The zero-order valence-corrected chi connectivity index (χ0v) is 61.6. The van der Waals surface area contributed by atoms with Crippen LogP contribution < -0.4 is 30.5 Å². The van der Waals surface area contributed by atoms with E-state index in [1.54, 1.807) is 0 Å². The van der Waals surface area contributed by atoms with E-state index in [1.807, 2.05) is 0 Å². The lowest BCUT2D eigenvalue weighted by Crippen LogP contribution is -2.50. The summed E-state index contributed by atoms with van der Waals surface area (Å²) in [5.41, 5.74) is 17.7. The summed E-state index contributed by atoms with van der Waals surface area (Å²) in [5, 5.41) is 15.6. The van der Waals surface area contributed by atoms with Crippen LogP contribution in [0.4, 0.5) is 34.1 Å². The van der Waals surface area contributed by atoms with Gasteiger partial charge >= 0.3 is 0 Å². The molecule has 0 aliphatic heterocycles. The highest BCUT2D eigenvalue weighted by molar-refractivity contribution is 6.90. The standard InChI is InChI=1S/C90H84N2Si4/c1-93(2,3)69-49-41-65(42-50-69)91(66-43-51-70(52-44-66)94(4,5)6)83-59-81-87(77-37-25-23-35-75(77)83)85-73-33-21-19-27-61(73)39-57-79(85)89(81,63-29-15-13-16-30-63)90(64-31-17-14-18-32-64)80-58-40-62-28-20-22-34-74(62)86(80)88-78-38-26-24-36-76(78)84(60-82(88)90)92(67-45-53-71(54-46-67)95(7,8)9)68-47-55-72(56-48-68)96(10,11)12/h13-60H,1-12H3. The largest absolute Gasteiger partial charge is 0.310 e. The minimum absolute atomic E-state index is 0.983. The zero-order chi connectivity index (χ0) is 66.3. The molecule has 0 saturated carbocycles. The topological polar surface area (TPSA) is 6.48 Å². The van der Waals surface area contributed by atoms with Crippen LogP contribution in [0.15, 0.2) is 291 Å². The summed E-state index contributed by atoms with van der Waals surface area (Å²) in [6.45, 7) is 29.5. The molecule has 0 fully saturated rings. The van der Waals surface area contributed by atoms with Crippen molar-refractivity contribution in [1.82, 2.24) is 0 Å². The lowest BCUT2D eigenvalue weighted by molar-refractivity contribution is 0.438. The van der Waals surface area contributed by atoms with Gasteiger partial charge in [0.15, 0.2) is 0 Å². The van der Waals surface area contributed by atoms with Gasteiger partial charge in [0.1, 0.15) is 0 Å². The number of hydrogen-bond donors (Lipinski definition) is 0. The lowest BCUT2D eigenvalue weighted by Gasteiger charge is -2.51.